The topological polar surface area (TPSA) is 60.2 Å². The maximum absolute atomic E-state index is 14.6. The Morgan fingerprint density at radius 2 is 1.94 bits per heavy atom. The molecule has 0 spiro atoms. The molecule has 94 valence electrons. The molecule has 0 radical (unpaired) electrons. The van der Waals surface area contributed by atoms with Crippen LogP contribution in [0.3, 0.4) is 0 Å². The highest BCUT2D eigenvalue weighted by Gasteiger charge is 2.40. The molecule has 3 nitrogen and oxygen atoms in total. The Kier molecular flexibility index (Phi) is 3.23. The summed E-state index contributed by atoms with van der Waals surface area (Å²) in [6.07, 6.45) is 0.658. The number of hydrogen-bond acceptors (Lipinski definition) is 3. The van der Waals surface area contributed by atoms with Crippen molar-refractivity contribution < 1.29 is 12.8 Å². The van der Waals surface area contributed by atoms with Crippen LogP contribution in [0.5, 0.6) is 0 Å². The number of sulfone groups is 1. The van der Waals surface area contributed by atoms with Gasteiger partial charge in [-0.25, -0.2) is 12.8 Å². The van der Waals surface area contributed by atoms with Gasteiger partial charge >= 0.3 is 0 Å². The van der Waals surface area contributed by atoms with E-state index in [1.54, 1.807) is 24.3 Å². The molecule has 17 heavy (non-hydrogen) atoms. The van der Waals surface area contributed by atoms with E-state index < -0.39 is 21.3 Å². The van der Waals surface area contributed by atoms with Gasteiger partial charge in [0.15, 0.2) is 9.84 Å². The van der Waals surface area contributed by atoms with Gasteiger partial charge in [0.2, 0.25) is 0 Å². The third-order valence-corrected chi connectivity index (χ3v) is 4.99. The van der Waals surface area contributed by atoms with Gasteiger partial charge < -0.3 is 5.73 Å². The van der Waals surface area contributed by atoms with Crippen LogP contribution in [0.15, 0.2) is 24.3 Å². The zero-order valence-corrected chi connectivity index (χ0v) is 10.3. The summed E-state index contributed by atoms with van der Waals surface area (Å²) in [5.74, 6) is -0.304. The number of halogens is 1. The molecule has 1 aromatic rings. The zero-order chi connectivity index (χ0) is 12.5. The van der Waals surface area contributed by atoms with Crippen molar-refractivity contribution in [1.29, 1.82) is 0 Å². The molecule has 0 amide bonds. The average molecular weight is 257 g/mol. The fourth-order valence-corrected chi connectivity index (χ4v) is 3.97. The highest BCUT2D eigenvalue weighted by atomic mass is 32.2. The Morgan fingerprint density at radius 3 is 2.47 bits per heavy atom. The molecule has 1 fully saturated rings. The molecule has 0 aliphatic carbocycles. The molecular formula is C12H16FNO2S. The molecule has 0 bridgehead atoms. The predicted octanol–water partition coefficient (Wildman–Crippen LogP) is 1.52. The van der Waals surface area contributed by atoms with Gasteiger partial charge in [0.1, 0.15) is 5.67 Å². The molecule has 2 rings (SSSR count). The van der Waals surface area contributed by atoms with Crippen LogP contribution in [0, 0.1) is 0 Å². The Morgan fingerprint density at radius 1 is 1.29 bits per heavy atom. The number of hydrogen-bond donors (Lipinski definition) is 1. The van der Waals surface area contributed by atoms with E-state index in [0.717, 1.165) is 5.56 Å². The van der Waals surface area contributed by atoms with Crippen molar-refractivity contribution in [2.24, 2.45) is 5.73 Å². The average Bonchev–Trinajstić information content (AvgIpc) is 2.27. The molecule has 1 aliphatic heterocycles. The normalized spacial score (nSPS) is 27.9. The molecule has 5 heteroatoms. The van der Waals surface area contributed by atoms with Gasteiger partial charge in [0, 0.05) is 6.54 Å². The molecule has 1 aromatic carbocycles. The minimum Gasteiger partial charge on any atom is -0.326 e. The van der Waals surface area contributed by atoms with Crippen LogP contribution in [0.25, 0.3) is 0 Å². The van der Waals surface area contributed by atoms with Gasteiger partial charge in [-0.15, -0.1) is 0 Å². The van der Waals surface area contributed by atoms with Gasteiger partial charge in [-0.3, -0.25) is 0 Å². The predicted molar refractivity (Wildman–Crippen MR) is 65.0 cm³/mol. The van der Waals surface area contributed by atoms with E-state index in [9.17, 15) is 12.8 Å². The highest BCUT2D eigenvalue weighted by molar-refractivity contribution is 7.91. The quantitative estimate of drug-likeness (QED) is 0.873. The first kappa shape index (κ1) is 12.5. The molecule has 2 N–H and O–H groups in total. The van der Waals surface area contributed by atoms with E-state index in [4.69, 9.17) is 5.73 Å². The second-order valence-corrected chi connectivity index (χ2v) is 6.75. The number of rotatable bonds is 2. The molecule has 1 heterocycles. The minimum atomic E-state index is -3.25. The lowest BCUT2D eigenvalue weighted by molar-refractivity contribution is 0.173. The van der Waals surface area contributed by atoms with E-state index in [0.29, 0.717) is 18.5 Å². The van der Waals surface area contributed by atoms with Gasteiger partial charge in [-0.1, -0.05) is 24.3 Å². The molecule has 1 unspecified atom stereocenters. The van der Waals surface area contributed by atoms with E-state index in [1.165, 1.54) is 0 Å². The van der Waals surface area contributed by atoms with Crippen LogP contribution in [-0.4, -0.2) is 19.9 Å². The Bertz CT molecular complexity index is 498. The Hall–Kier alpha value is -0.940. The summed E-state index contributed by atoms with van der Waals surface area (Å²) in [6, 6.07) is 6.78. The summed E-state index contributed by atoms with van der Waals surface area (Å²) in [6.45, 7) is 0.401. The van der Waals surface area contributed by atoms with Crippen LogP contribution >= 0.6 is 0 Å². The van der Waals surface area contributed by atoms with Crippen molar-refractivity contribution in [2.45, 2.75) is 25.1 Å². The van der Waals surface area contributed by atoms with Crippen molar-refractivity contribution in [3.8, 4) is 0 Å². The molecule has 1 aliphatic rings. The van der Waals surface area contributed by atoms with Crippen LogP contribution in [0.1, 0.15) is 24.0 Å². The molecule has 1 atom stereocenters. The summed E-state index contributed by atoms with van der Waals surface area (Å²) in [4.78, 5) is 0. The van der Waals surface area contributed by atoms with Crippen molar-refractivity contribution >= 4 is 9.84 Å². The number of nitrogens with two attached hydrogens (primary N) is 1. The lowest BCUT2D eigenvalue weighted by Crippen LogP contribution is -2.36. The molecule has 1 saturated heterocycles. The van der Waals surface area contributed by atoms with Crippen LogP contribution < -0.4 is 5.73 Å². The van der Waals surface area contributed by atoms with Crippen LogP contribution in [-0.2, 0) is 22.1 Å². The second kappa shape index (κ2) is 4.38. The summed E-state index contributed by atoms with van der Waals surface area (Å²) in [5, 5.41) is 0. The molecule has 0 aromatic heterocycles. The van der Waals surface area contributed by atoms with Crippen molar-refractivity contribution in [1.82, 2.24) is 0 Å². The standard InChI is InChI=1S/C12H16FNO2S/c13-12(6-1-7-17(15,16)9-12)11-4-2-10(8-14)3-5-11/h2-5H,1,6-9,14H2. The minimum absolute atomic E-state index is 0.0968. The first-order chi connectivity index (χ1) is 7.95. The number of alkyl halides is 1. The van der Waals surface area contributed by atoms with E-state index in [2.05, 4.69) is 0 Å². The SMILES string of the molecule is NCc1ccc(C2(F)CCCS(=O)(=O)C2)cc1. The summed E-state index contributed by atoms with van der Waals surface area (Å²) in [5.41, 5.74) is 5.09. The fourth-order valence-electron chi connectivity index (χ4n) is 2.23. The molecule has 0 saturated carbocycles. The Labute approximate surface area is 101 Å². The first-order valence-electron chi connectivity index (χ1n) is 5.64. The van der Waals surface area contributed by atoms with Crippen molar-refractivity contribution in [3.05, 3.63) is 35.4 Å². The highest BCUT2D eigenvalue weighted by Crippen LogP contribution is 2.36. The summed E-state index contributed by atoms with van der Waals surface area (Å²) >= 11 is 0. The summed E-state index contributed by atoms with van der Waals surface area (Å²) in [7, 11) is -3.25. The van der Waals surface area contributed by atoms with Crippen LogP contribution in [0.2, 0.25) is 0 Å². The van der Waals surface area contributed by atoms with Gasteiger partial charge in [-0.05, 0) is 24.0 Å². The maximum atomic E-state index is 14.6. The fraction of sp³-hybridized carbons (Fsp3) is 0.500. The monoisotopic (exact) mass is 257 g/mol. The summed E-state index contributed by atoms with van der Waals surface area (Å²) < 4.78 is 37.6. The third kappa shape index (κ3) is 2.66. The van der Waals surface area contributed by atoms with E-state index >= 15 is 0 Å². The third-order valence-electron chi connectivity index (χ3n) is 3.18. The lowest BCUT2D eigenvalue weighted by atomic mass is 9.92. The second-order valence-electron chi connectivity index (χ2n) is 4.56. The van der Waals surface area contributed by atoms with Gasteiger partial charge in [0.25, 0.3) is 0 Å². The van der Waals surface area contributed by atoms with E-state index in [-0.39, 0.29) is 12.2 Å². The van der Waals surface area contributed by atoms with Crippen LogP contribution in [0.4, 0.5) is 4.39 Å². The Balaban J connectivity index is 2.30. The maximum Gasteiger partial charge on any atom is 0.153 e. The number of benzene rings is 1. The van der Waals surface area contributed by atoms with Crippen molar-refractivity contribution in [3.63, 3.8) is 0 Å². The first-order valence-corrected chi connectivity index (χ1v) is 7.46. The smallest absolute Gasteiger partial charge is 0.153 e. The zero-order valence-electron chi connectivity index (χ0n) is 9.52. The molecular weight excluding hydrogens is 241 g/mol. The van der Waals surface area contributed by atoms with E-state index in [1.807, 2.05) is 0 Å². The van der Waals surface area contributed by atoms with Gasteiger partial charge in [0.05, 0.1) is 11.5 Å². The van der Waals surface area contributed by atoms with Gasteiger partial charge in [-0.2, -0.15) is 0 Å². The largest absolute Gasteiger partial charge is 0.326 e. The van der Waals surface area contributed by atoms with Crippen molar-refractivity contribution in [2.75, 3.05) is 11.5 Å². The lowest BCUT2D eigenvalue weighted by Gasteiger charge is -2.29.